The monoisotopic (exact) mass is 219 g/mol. The van der Waals surface area contributed by atoms with E-state index in [1.54, 1.807) is 0 Å². The molecule has 0 aliphatic carbocycles. The molecule has 0 saturated heterocycles. The fourth-order valence-electron chi connectivity index (χ4n) is 1.75. The largest absolute Gasteiger partial charge is 0.463 e. The van der Waals surface area contributed by atoms with Crippen LogP contribution < -0.4 is 10.6 Å². The molecule has 1 aliphatic heterocycles. The molecule has 2 rings (SSSR count). The molecule has 0 amide bonds. The van der Waals surface area contributed by atoms with Gasteiger partial charge in [-0.2, -0.15) is 0 Å². The molecule has 4 heteroatoms. The summed E-state index contributed by atoms with van der Waals surface area (Å²) in [7, 11) is 2.05. The Kier molecular flexibility index (Phi) is 2.99. The van der Waals surface area contributed by atoms with Gasteiger partial charge in [0.05, 0.1) is 0 Å². The average molecular weight is 219 g/mol. The second-order valence-electron chi connectivity index (χ2n) is 4.15. The number of nitrogens with zero attached hydrogens (tertiary/aromatic N) is 2. The second kappa shape index (κ2) is 4.43. The highest BCUT2D eigenvalue weighted by Crippen LogP contribution is 2.15. The fourth-order valence-corrected chi connectivity index (χ4v) is 1.75. The molecular weight excluding hydrogens is 202 g/mol. The van der Waals surface area contributed by atoms with E-state index < -0.39 is 0 Å². The van der Waals surface area contributed by atoms with Crippen LogP contribution in [-0.2, 0) is 4.74 Å². The average Bonchev–Trinajstić information content (AvgIpc) is 2.65. The van der Waals surface area contributed by atoms with E-state index in [2.05, 4.69) is 48.1 Å². The van der Waals surface area contributed by atoms with Crippen LogP contribution in [0.25, 0.3) is 0 Å². The van der Waals surface area contributed by atoms with Crippen molar-refractivity contribution in [2.45, 2.75) is 13.0 Å². The lowest BCUT2D eigenvalue weighted by atomic mass is 10.2. The number of nitrogens with two attached hydrogens (primary N) is 1. The molecule has 1 aromatic carbocycles. The van der Waals surface area contributed by atoms with Gasteiger partial charge in [-0.1, -0.05) is 17.7 Å². The Bertz CT molecular complexity index is 386. The van der Waals surface area contributed by atoms with Crippen molar-refractivity contribution in [2.24, 2.45) is 10.7 Å². The Hall–Kier alpha value is -1.71. The van der Waals surface area contributed by atoms with Crippen LogP contribution in [0.5, 0.6) is 0 Å². The third-order valence-corrected chi connectivity index (χ3v) is 2.69. The lowest BCUT2D eigenvalue weighted by Crippen LogP contribution is -2.28. The molecule has 4 nitrogen and oxygen atoms in total. The van der Waals surface area contributed by atoms with E-state index in [1.807, 2.05) is 0 Å². The zero-order valence-corrected chi connectivity index (χ0v) is 9.68. The first-order chi connectivity index (χ1) is 7.65. The van der Waals surface area contributed by atoms with Crippen molar-refractivity contribution in [1.82, 2.24) is 0 Å². The molecule has 0 unspecified atom stereocenters. The van der Waals surface area contributed by atoms with Crippen molar-refractivity contribution in [2.75, 3.05) is 25.1 Å². The van der Waals surface area contributed by atoms with E-state index >= 15 is 0 Å². The van der Waals surface area contributed by atoms with Gasteiger partial charge in [-0.25, -0.2) is 4.99 Å². The number of hydrogen-bond donors (Lipinski definition) is 1. The highest BCUT2D eigenvalue weighted by Gasteiger charge is 2.18. The third kappa shape index (κ3) is 2.45. The van der Waals surface area contributed by atoms with Gasteiger partial charge in [-0.3, -0.25) is 0 Å². The first-order valence-electron chi connectivity index (χ1n) is 5.39. The van der Waals surface area contributed by atoms with E-state index in [9.17, 15) is 0 Å². The van der Waals surface area contributed by atoms with Gasteiger partial charge in [0.2, 0.25) is 0 Å². The van der Waals surface area contributed by atoms with E-state index in [4.69, 9.17) is 10.5 Å². The van der Waals surface area contributed by atoms with Crippen LogP contribution in [0.4, 0.5) is 5.69 Å². The number of aryl methyl sites for hydroxylation is 1. The van der Waals surface area contributed by atoms with Crippen LogP contribution >= 0.6 is 0 Å². The minimum atomic E-state index is 0.145. The molecule has 2 N–H and O–H groups in total. The summed E-state index contributed by atoms with van der Waals surface area (Å²) in [6, 6.07) is 8.88. The topological polar surface area (TPSA) is 50.9 Å². The zero-order valence-electron chi connectivity index (χ0n) is 9.68. The maximum Gasteiger partial charge on any atom is 0.282 e. The quantitative estimate of drug-likeness (QED) is 0.829. The molecule has 16 heavy (non-hydrogen) atoms. The summed E-state index contributed by atoms with van der Waals surface area (Å²) in [5.74, 6) is 0. The number of hydrogen-bond acceptors (Lipinski definition) is 4. The van der Waals surface area contributed by atoms with Gasteiger partial charge in [0, 0.05) is 19.3 Å². The third-order valence-electron chi connectivity index (χ3n) is 2.69. The summed E-state index contributed by atoms with van der Waals surface area (Å²) in [4.78, 5) is 6.36. The number of aliphatic imine (C=N–C) groups is 1. The first-order valence-corrected chi connectivity index (χ1v) is 5.39. The minimum absolute atomic E-state index is 0.145. The Morgan fingerprint density at radius 2 is 2.12 bits per heavy atom. The van der Waals surface area contributed by atoms with Crippen molar-refractivity contribution in [3.63, 3.8) is 0 Å². The van der Waals surface area contributed by atoms with Crippen molar-refractivity contribution >= 4 is 11.7 Å². The summed E-state index contributed by atoms with van der Waals surface area (Å²) in [6.45, 7) is 3.49. The van der Waals surface area contributed by atoms with Gasteiger partial charge in [0.15, 0.2) is 0 Å². The van der Waals surface area contributed by atoms with Crippen molar-refractivity contribution in [3.05, 3.63) is 29.8 Å². The minimum Gasteiger partial charge on any atom is -0.463 e. The molecule has 0 aromatic heterocycles. The van der Waals surface area contributed by atoms with Gasteiger partial charge in [-0.15, -0.1) is 0 Å². The molecule has 1 aromatic rings. The molecule has 0 spiro atoms. The summed E-state index contributed by atoms with van der Waals surface area (Å²) in [5.41, 5.74) is 7.92. The smallest absolute Gasteiger partial charge is 0.282 e. The van der Waals surface area contributed by atoms with E-state index in [-0.39, 0.29) is 6.04 Å². The molecule has 0 fully saturated rings. The molecule has 0 bridgehead atoms. The molecule has 0 saturated carbocycles. The normalized spacial score (nSPS) is 19.1. The lowest BCUT2D eigenvalue weighted by molar-refractivity contribution is 0.314. The number of amidine groups is 1. The number of likely N-dealkylation sites (N-methyl/N-ethyl adjacent to an activating group) is 1. The zero-order chi connectivity index (χ0) is 11.5. The van der Waals surface area contributed by atoms with Gasteiger partial charge in [0.1, 0.15) is 12.6 Å². The van der Waals surface area contributed by atoms with Crippen LogP contribution in [0.15, 0.2) is 29.3 Å². The predicted octanol–water partition coefficient (Wildman–Crippen LogP) is 1.14. The van der Waals surface area contributed by atoms with Crippen molar-refractivity contribution in [3.8, 4) is 0 Å². The molecule has 1 heterocycles. The van der Waals surface area contributed by atoms with Crippen molar-refractivity contribution in [1.29, 1.82) is 0 Å². The lowest BCUT2D eigenvalue weighted by Gasteiger charge is -2.21. The molecular formula is C12H17N3O. The van der Waals surface area contributed by atoms with Gasteiger partial charge < -0.3 is 15.4 Å². The number of rotatable bonds is 3. The summed E-state index contributed by atoms with van der Waals surface area (Å²) in [5, 5.41) is 0. The van der Waals surface area contributed by atoms with Gasteiger partial charge in [0.25, 0.3) is 6.02 Å². The van der Waals surface area contributed by atoms with Crippen LogP contribution in [-0.4, -0.2) is 32.3 Å². The summed E-state index contributed by atoms with van der Waals surface area (Å²) >= 11 is 0. The van der Waals surface area contributed by atoms with Gasteiger partial charge in [-0.05, 0) is 19.1 Å². The molecule has 1 aliphatic rings. The van der Waals surface area contributed by atoms with E-state index in [0.717, 1.165) is 6.54 Å². The summed E-state index contributed by atoms with van der Waals surface area (Å²) in [6.07, 6.45) is 0. The SMILES string of the molecule is Cc1ccc(N(C)C[C@H]2COC(N)=N2)cc1. The number of ether oxygens (including phenoxy) is 1. The molecule has 1 atom stereocenters. The van der Waals surface area contributed by atoms with Crippen LogP contribution in [0.1, 0.15) is 5.56 Å². The predicted molar refractivity (Wildman–Crippen MR) is 65.8 cm³/mol. The molecule has 86 valence electrons. The van der Waals surface area contributed by atoms with Crippen molar-refractivity contribution < 1.29 is 4.74 Å². The Labute approximate surface area is 95.7 Å². The Morgan fingerprint density at radius 3 is 2.69 bits per heavy atom. The van der Waals surface area contributed by atoms with Crippen LogP contribution in [0, 0.1) is 6.92 Å². The maximum absolute atomic E-state index is 5.47. The standard InChI is InChI=1S/C12H17N3O/c1-9-3-5-11(6-4-9)15(2)7-10-8-16-12(13)14-10/h3-6,10H,7-8H2,1-2H3,(H2,13,14)/t10-/m0/s1. The fraction of sp³-hybridized carbons (Fsp3) is 0.417. The summed E-state index contributed by atoms with van der Waals surface area (Å²) < 4.78 is 5.12. The van der Waals surface area contributed by atoms with Gasteiger partial charge >= 0.3 is 0 Å². The van der Waals surface area contributed by atoms with E-state index in [0.29, 0.717) is 12.6 Å². The van der Waals surface area contributed by atoms with E-state index in [1.165, 1.54) is 11.3 Å². The van der Waals surface area contributed by atoms with Crippen LogP contribution in [0.2, 0.25) is 0 Å². The second-order valence-corrected chi connectivity index (χ2v) is 4.15. The van der Waals surface area contributed by atoms with Crippen LogP contribution in [0.3, 0.4) is 0 Å². The maximum atomic E-state index is 5.47. The first kappa shape index (κ1) is 10.8. The Morgan fingerprint density at radius 1 is 1.44 bits per heavy atom. The number of anilines is 1. The number of benzene rings is 1. The highest BCUT2D eigenvalue weighted by molar-refractivity contribution is 5.73. The Balaban J connectivity index is 1.97. The molecule has 0 radical (unpaired) electrons. The highest BCUT2D eigenvalue weighted by atomic mass is 16.5.